The minimum Gasteiger partial charge on any atom is -0.349 e. The molecule has 1 atom stereocenters. The highest BCUT2D eigenvalue weighted by Gasteiger charge is 2.24. The van der Waals surface area contributed by atoms with Crippen molar-refractivity contribution >= 4 is 11.6 Å². The van der Waals surface area contributed by atoms with E-state index in [1.165, 1.54) is 5.56 Å². The topological polar surface area (TPSA) is 49.6 Å². The number of aromatic nitrogens is 2. The van der Waals surface area contributed by atoms with Gasteiger partial charge < -0.3 is 9.72 Å². The van der Waals surface area contributed by atoms with E-state index in [2.05, 4.69) is 39.5 Å². The molecule has 0 aliphatic carbocycles. The molecule has 128 valence electrons. The van der Waals surface area contributed by atoms with Crippen LogP contribution < -0.4 is 5.32 Å². The molecule has 25 heavy (non-hydrogen) atoms. The van der Waals surface area contributed by atoms with Crippen LogP contribution in [0, 0.1) is 0 Å². The molecule has 1 aliphatic rings. The van der Waals surface area contributed by atoms with Crippen molar-refractivity contribution in [2.45, 2.75) is 18.9 Å². The van der Waals surface area contributed by atoms with Gasteiger partial charge in [-0.15, -0.1) is 0 Å². The van der Waals surface area contributed by atoms with Gasteiger partial charge in [0, 0.05) is 18.9 Å². The summed E-state index contributed by atoms with van der Waals surface area (Å²) in [6.07, 6.45) is 5.03. The molecule has 2 aromatic heterocycles. The molecule has 1 amide bonds. The molecule has 1 unspecified atom stereocenters. The first-order chi connectivity index (χ1) is 12.3. The van der Waals surface area contributed by atoms with E-state index in [0.717, 1.165) is 30.9 Å². The quantitative estimate of drug-likeness (QED) is 0.780. The van der Waals surface area contributed by atoms with E-state index < -0.39 is 0 Å². The molecule has 3 heterocycles. The van der Waals surface area contributed by atoms with Gasteiger partial charge in [0.15, 0.2) is 0 Å². The maximum Gasteiger partial charge on any atom is 0.234 e. The Balaban J connectivity index is 1.28. The number of hydrogen-bond acceptors (Lipinski definition) is 3. The van der Waals surface area contributed by atoms with Gasteiger partial charge in [0.1, 0.15) is 5.65 Å². The van der Waals surface area contributed by atoms with Gasteiger partial charge in [0.25, 0.3) is 0 Å². The van der Waals surface area contributed by atoms with Crippen LogP contribution in [-0.4, -0.2) is 39.8 Å². The summed E-state index contributed by atoms with van der Waals surface area (Å²) in [6.45, 7) is 2.85. The minimum absolute atomic E-state index is 0.0609. The van der Waals surface area contributed by atoms with Gasteiger partial charge in [0.2, 0.25) is 5.91 Å². The lowest BCUT2D eigenvalue weighted by atomic mass is 9.99. The average molecular weight is 334 g/mol. The number of nitrogens with zero attached hydrogens (tertiary/aromatic N) is 3. The van der Waals surface area contributed by atoms with Crippen molar-refractivity contribution in [2.75, 3.05) is 19.6 Å². The molecule has 3 aromatic rings. The Morgan fingerprint density at radius 2 is 2.00 bits per heavy atom. The summed E-state index contributed by atoms with van der Waals surface area (Å²) in [5.74, 6) is 0.596. The number of hydrogen-bond donors (Lipinski definition) is 1. The zero-order valence-electron chi connectivity index (χ0n) is 14.1. The normalized spacial score (nSPS) is 17.8. The minimum atomic E-state index is 0.0609. The number of benzene rings is 1. The Morgan fingerprint density at radius 3 is 2.84 bits per heavy atom. The zero-order chi connectivity index (χ0) is 17.1. The van der Waals surface area contributed by atoms with E-state index >= 15 is 0 Å². The lowest BCUT2D eigenvalue weighted by Crippen LogP contribution is -2.35. The van der Waals surface area contributed by atoms with Crippen LogP contribution in [0.3, 0.4) is 0 Å². The second-order valence-corrected chi connectivity index (χ2v) is 6.61. The van der Waals surface area contributed by atoms with E-state index in [1.54, 1.807) is 0 Å². The number of likely N-dealkylation sites (tertiary alicyclic amines) is 1. The standard InChI is InChI=1S/C20H22N4O/c25-20(21-12-18-14-24-10-5-4-8-19(24)22-18)15-23-11-9-17(13-23)16-6-2-1-3-7-16/h1-8,10,14,17H,9,11-13,15H2,(H,21,25). The van der Waals surface area contributed by atoms with Gasteiger partial charge >= 0.3 is 0 Å². The first-order valence-corrected chi connectivity index (χ1v) is 8.74. The Hall–Kier alpha value is -2.66. The second kappa shape index (κ2) is 7.07. The fourth-order valence-corrected chi connectivity index (χ4v) is 3.49. The van der Waals surface area contributed by atoms with Crippen molar-refractivity contribution in [3.63, 3.8) is 0 Å². The van der Waals surface area contributed by atoms with E-state index in [9.17, 15) is 4.79 Å². The van der Waals surface area contributed by atoms with Crippen molar-refractivity contribution in [2.24, 2.45) is 0 Å². The van der Waals surface area contributed by atoms with E-state index in [-0.39, 0.29) is 5.91 Å². The fourth-order valence-electron chi connectivity index (χ4n) is 3.49. The molecule has 0 radical (unpaired) electrons. The predicted octanol–water partition coefficient (Wildman–Crippen LogP) is 2.44. The van der Waals surface area contributed by atoms with Crippen molar-refractivity contribution in [1.82, 2.24) is 19.6 Å². The third-order valence-electron chi connectivity index (χ3n) is 4.79. The van der Waals surface area contributed by atoms with E-state index in [4.69, 9.17) is 0 Å². The lowest BCUT2D eigenvalue weighted by Gasteiger charge is -2.15. The lowest BCUT2D eigenvalue weighted by molar-refractivity contribution is -0.122. The van der Waals surface area contributed by atoms with Gasteiger partial charge in [-0.3, -0.25) is 9.69 Å². The number of imidazole rings is 1. The molecule has 1 saturated heterocycles. The number of fused-ring (bicyclic) bond motifs is 1. The van der Waals surface area contributed by atoms with Crippen LogP contribution >= 0.6 is 0 Å². The number of nitrogens with one attached hydrogen (secondary N) is 1. The Labute approximate surface area is 147 Å². The largest absolute Gasteiger partial charge is 0.349 e. The average Bonchev–Trinajstić information content (AvgIpc) is 3.27. The van der Waals surface area contributed by atoms with Gasteiger partial charge in [-0.1, -0.05) is 36.4 Å². The highest BCUT2D eigenvalue weighted by molar-refractivity contribution is 5.78. The Morgan fingerprint density at radius 1 is 1.16 bits per heavy atom. The van der Waals surface area contributed by atoms with Crippen molar-refractivity contribution in [3.8, 4) is 0 Å². The molecule has 5 heteroatoms. The number of carbonyl (C=O) groups is 1. The van der Waals surface area contributed by atoms with Crippen LogP contribution in [0.15, 0.2) is 60.9 Å². The molecule has 0 spiro atoms. The monoisotopic (exact) mass is 334 g/mol. The Bertz CT molecular complexity index is 825. The molecule has 1 N–H and O–H groups in total. The van der Waals surface area contributed by atoms with E-state index in [0.29, 0.717) is 19.0 Å². The van der Waals surface area contributed by atoms with Crippen LogP contribution in [0.2, 0.25) is 0 Å². The maximum atomic E-state index is 12.2. The first kappa shape index (κ1) is 15.8. The number of amides is 1. The Kier molecular flexibility index (Phi) is 4.48. The number of carbonyl (C=O) groups excluding carboxylic acids is 1. The van der Waals surface area contributed by atoms with Crippen LogP contribution in [0.4, 0.5) is 0 Å². The van der Waals surface area contributed by atoms with Crippen molar-refractivity contribution in [3.05, 3.63) is 72.2 Å². The third kappa shape index (κ3) is 3.72. The summed E-state index contributed by atoms with van der Waals surface area (Å²) in [7, 11) is 0. The SMILES string of the molecule is O=C(CN1CCC(c2ccccc2)C1)NCc1cn2ccccc2n1. The van der Waals surface area contributed by atoms with Crippen LogP contribution in [-0.2, 0) is 11.3 Å². The molecule has 1 aromatic carbocycles. The van der Waals surface area contributed by atoms with Crippen molar-refractivity contribution in [1.29, 1.82) is 0 Å². The highest BCUT2D eigenvalue weighted by atomic mass is 16.2. The molecule has 0 saturated carbocycles. The molecule has 1 fully saturated rings. The second-order valence-electron chi connectivity index (χ2n) is 6.61. The summed E-state index contributed by atoms with van der Waals surface area (Å²) < 4.78 is 1.96. The molecular formula is C20H22N4O. The molecule has 0 bridgehead atoms. The van der Waals surface area contributed by atoms with Gasteiger partial charge in [0.05, 0.1) is 18.8 Å². The van der Waals surface area contributed by atoms with Crippen LogP contribution in [0.1, 0.15) is 23.6 Å². The molecule has 5 nitrogen and oxygen atoms in total. The van der Waals surface area contributed by atoms with Gasteiger partial charge in [-0.2, -0.15) is 0 Å². The van der Waals surface area contributed by atoms with Crippen LogP contribution in [0.5, 0.6) is 0 Å². The smallest absolute Gasteiger partial charge is 0.234 e. The summed E-state index contributed by atoms with van der Waals surface area (Å²) in [4.78, 5) is 19.0. The van der Waals surface area contributed by atoms with Gasteiger partial charge in [-0.25, -0.2) is 4.98 Å². The third-order valence-corrected chi connectivity index (χ3v) is 4.79. The van der Waals surface area contributed by atoms with Gasteiger partial charge in [-0.05, 0) is 36.6 Å². The molecule has 1 aliphatic heterocycles. The highest BCUT2D eigenvalue weighted by Crippen LogP contribution is 2.26. The summed E-state index contributed by atoms with van der Waals surface area (Å²) >= 11 is 0. The van der Waals surface area contributed by atoms with E-state index in [1.807, 2.05) is 41.1 Å². The van der Waals surface area contributed by atoms with Crippen LogP contribution in [0.25, 0.3) is 5.65 Å². The first-order valence-electron chi connectivity index (χ1n) is 8.74. The maximum absolute atomic E-state index is 12.2. The zero-order valence-corrected chi connectivity index (χ0v) is 14.1. The number of pyridine rings is 1. The number of rotatable bonds is 5. The van der Waals surface area contributed by atoms with Crippen molar-refractivity contribution < 1.29 is 4.79 Å². The fraction of sp³-hybridized carbons (Fsp3) is 0.300. The molecule has 4 rings (SSSR count). The summed E-state index contributed by atoms with van der Waals surface area (Å²) in [6, 6.07) is 16.4. The molecular weight excluding hydrogens is 312 g/mol. The summed E-state index contributed by atoms with van der Waals surface area (Å²) in [5.41, 5.74) is 3.15. The summed E-state index contributed by atoms with van der Waals surface area (Å²) in [5, 5.41) is 2.98. The predicted molar refractivity (Wildman–Crippen MR) is 97.3 cm³/mol.